The van der Waals surface area contributed by atoms with Gasteiger partial charge in [-0.05, 0) is 24.6 Å². The Morgan fingerprint density at radius 3 is 2.84 bits per heavy atom. The maximum absolute atomic E-state index is 13.6. The summed E-state index contributed by atoms with van der Waals surface area (Å²) in [6, 6.07) is 5.27. The summed E-state index contributed by atoms with van der Waals surface area (Å²) >= 11 is 0. The minimum absolute atomic E-state index is 0.00438. The van der Waals surface area contributed by atoms with Gasteiger partial charge in [0.15, 0.2) is 0 Å². The van der Waals surface area contributed by atoms with E-state index >= 15 is 0 Å². The first-order chi connectivity index (χ1) is 9.06. The van der Waals surface area contributed by atoms with Crippen molar-refractivity contribution in [2.45, 2.75) is 19.4 Å². The molecule has 1 heterocycles. The quantitative estimate of drug-likeness (QED) is 0.804. The maximum Gasteiger partial charge on any atom is 0.249 e. The maximum atomic E-state index is 13.6. The molecule has 0 radical (unpaired) electrons. The Bertz CT molecular complexity index is 580. The van der Waals surface area contributed by atoms with Crippen molar-refractivity contribution >= 4 is 17.5 Å². The lowest BCUT2D eigenvalue weighted by Crippen LogP contribution is -2.58. The van der Waals surface area contributed by atoms with Gasteiger partial charge in [-0.25, -0.2) is 4.39 Å². The van der Waals surface area contributed by atoms with E-state index < -0.39 is 17.8 Å². The van der Waals surface area contributed by atoms with Crippen LogP contribution in [0.4, 0.5) is 10.1 Å². The van der Waals surface area contributed by atoms with E-state index in [0.717, 1.165) is 0 Å². The summed E-state index contributed by atoms with van der Waals surface area (Å²) < 4.78 is 13.6. The van der Waals surface area contributed by atoms with Gasteiger partial charge in [-0.3, -0.25) is 14.9 Å². The third-order valence-corrected chi connectivity index (χ3v) is 3.05. The lowest BCUT2D eigenvalue weighted by Gasteiger charge is -2.35. The number of anilines is 1. The van der Waals surface area contributed by atoms with Crippen LogP contribution in [0.2, 0.25) is 0 Å². The standard InChI is InChI=1S/C13H12FN3O2/c1-2-11-13(19)16-12(18)7-17(11)9-4-3-8(6-15)10(14)5-9/h3-5,11H,2,7H2,1H3,(H,16,18,19). The Balaban J connectivity index is 2.38. The number of imide groups is 1. The molecule has 1 saturated heterocycles. The second-order valence-corrected chi connectivity index (χ2v) is 4.24. The van der Waals surface area contributed by atoms with Crippen LogP contribution in [0.1, 0.15) is 18.9 Å². The van der Waals surface area contributed by atoms with Crippen molar-refractivity contribution in [2.24, 2.45) is 0 Å². The first-order valence-electron chi connectivity index (χ1n) is 5.86. The average Bonchev–Trinajstić information content (AvgIpc) is 2.37. The molecule has 98 valence electrons. The van der Waals surface area contributed by atoms with E-state index in [1.165, 1.54) is 18.2 Å². The van der Waals surface area contributed by atoms with Crippen LogP contribution in [-0.2, 0) is 9.59 Å². The monoisotopic (exact) mass is 261 g/mol. The van der Waals surface area contributed by atoms with Crippen LogP contribution in [0.3, 0.4) is 0 Å². The molecule has 6 heteroatoms. The molecule has 1 aromatic rings. The molecule has 1 unspecified atom stereocenters. The van der Waals surface area contributed by atoms with Gasteiger partial charge in [0.25, 0.3) is 0 Å². The largest absolute Gasteiger partial charge is 0.350 e. The Morgan fingerprint density at radius 1 is 1.53 bits per heavy atom. The topological polar surface area (TPSA) is 73.2 Å². The molecule has 2 rings (SSSR count). The number of rotatable bonds is 2. The van der Waals surface area contributed by atoms with Gasteiger partial charge in [-0.15, -0.1) is 0 Å². The number of carbonyl (C=O) groups is 2. The fourth-order valence-corrected chi connectivity index (χ4v) is 2.12. The van der Waals surface area contributed by atoms with Crippen LogP contribution in [0.5, 0.6) is 0 Å². The highest BCUT2D eigenvalue weighted by atomic mass is 19.1. The van der Waals surface area contributed by atoms with Crippen LogP contribution in [0, 0.1) is 17.1 Å². The van der Waals surface area contributed by atoms with Crippen LogP contribution in [0.15, 0.2) is 18.2 Å². The number of nitrogens with zero attached hydrogens (tertiary/aromatic N) is 2. The fraction of sp³-hybridized carbons (Fsp3) is 0.308. The van der Waals surface area contributed by atoms with Gasteiger partial charge >= 0.3 is 0 Å². The Kier molecular flexibility index (Phi) is 3.47. The number of hydrogen-bond donors (Lipinski definition) is 1. The zero-order valence-electron chi connectivity index (χ0n) is 10.3. The first kappa shape index (κ1) is 13.0. The molecule has 0 spiro atoms. The zero-order valence-corrected chi connectivity index (χ0v) is 10.3. The second kappa shape index (κ2) is 5.06. The Hall–Kier alpha value is -2.42. The molecular weight excluding hydrogens is 249 g/mol. The van der Waals surface area contributed by atoms with Crippen LogP contribution < -0.4 is 10.2 Å². The third kappa shape index (κ3) is 2.40. The van der Waals surface area contributed by atoms with Crippen LogP contribution in [-0.4, -0.2) is 24.4 Å². The molecule has 1 N–H and O–H groups in total. The molecule has 19 heavy (non-hydrogen) atoms. The summed E-state index contributed by atoms with van der Waals surface area (Å²) in [5.74, 6) is -1.46. The number of hydrogen-bond acceptors (Lipinski definition) is 4. The van der Waals surface area contributed by atoms with E-state index in [4.69, 9.17) is 5.26 Å². The van der Waals surface area contributed by atoms with Crippen molar-refractivity contribution in [1.82, 2.24) is 5.32 Å². The third-order valence-electron chi connectivity index (χ3n) is 3.05. The van der Waals surface area contributed by atoms with E-state index in [-0.39, 0.29) is 18.0 Å². The average molecular weight is 261 g/mol. The summed E-state index contributed by atoms with van der Waals surface area (Å²) in [6.45, 7) is 1.81. The Labute approximate surface area is 109 Å². The van der Waals surface area contributed by atoms with Crippen molar-refractivity contribution in [1.29, 1.82) is 5.26 Å². The van der Waals surface area contributed by atoms with E-state index in [1.54, 1.807) is 11.0 Å². The van der Waals surface area contributed by atoms with Crippen LogP contribution >= 0.6 is 0 Å². The summed E-state index contributed by atoms with van der Waals surface area (Å²) in [4.78, 5) is 24.7. The molecule has 0 aromatic heterocycles. The SMILES string of the molecule is CCC1C(=O)NC(=O)CN1c1ccc(C#N)c(F)c1. The molecule has 5 nitrogen and oxygen atoms in total. The highest BCUT2D eigenvalue weighted by Crippen LogP contribution is 2.23. The first-order valence-corrected chi connectivity index (χ1v) is 5.86. The number of halogens is 1. The smallest absolute Gasteiger partial charge is 0.249 e. The predicted molar refractivity (Wildman–Crippen MR) is 65.7 cm³/mol. The minimum Gasteiger partial charge on any atom is -0.350 e. The molecule has 2 amide bonds. The number of piperazine rings is 1. The zero-order chi connectivity index (χ0) is 14.0. The summed E-state index contributed by atoms with van der Waals surface area (Å²) in [6.07, 6.45) is 0.501. The number of amides is 2. The van der Waals surface area contributed by atoms with E-state index in [1.807, 2.05) is 6.92 Å². The molecule has 0 aliphatic carbocycles. The lowest BCUT2D eigenvalue weighted by molar-refractivity contribution is -0.132. The molecule has 1 aliphatic rings. The fourth-order valence-electron chi connectivity index (χ4n) is 2.12. The number of carbonyl (C=O) groups excluding carboxylic acids is 2. The number of nitrogens with one attached hydrogen (secondary N) is 1. The van der Waals surface area contributed by atoms with Crippen molar-refractivity contribution < 1.29 is 14.0 Å². The molecule has 0 bridgehead atoms. The molecule has 0 saturated carbocycles. The van der Waals surface area contributed by atoms with Gasteiger partial charge in [0, 0.05) is 5.69 Å². The summed E-state index contributed by atoms with van der Waals surface area (Å²) in [5.41, 5.74) is 0.358. The highest BCUT2D eigenvalue weighted by molar-refractivity contribution is 6.04. The lowest BCUT2D eigenvalue weighted by atomic mass is 10.1. The van der Waals surface area contributed by atoms with Gasteiger partial charge in [0.05, 0.1) is 12.1 Å². The van der Waals surface area contributed by atoms with E-state index in [0.29, 0.717) is 12.1 Å². The van der Waals surface area contributed by atoms with E-state index in [9.17, 15) is 14.0 Å². The predicted octanol–water partition coefficient (Wildman–Crippen LogP) is 0.939. The van der Waals surface area contributed by atoms with Crippen molar-refractivity contribution in [2.75, 3.05) is 11.4 Å². The van der Waals surface area contributed by atoms with Gasteiger partial charge < -0.3 is 4.90 Å². The number of nitriles is 1. The molecule has 1 aromatic carbocycles. The minimum atomic E-state index is -0.659. The molecule has 1 aliphatic heterocycles. The highest BCUT2D eigenvalue weighted by Gasteiger charge is 2.32. The molecule has 1 fully saturated rings. The molecular formula is C13H12FN3O2. The number of benzene rings is 1. The van der Waals surface area contributed by atoms with Gasteiger partial charge in [-0.2, -0.15) is 5.26 Å². The summed E-state index contributed by atoms with van der Waals surface area (Å²) in [5, 5.41) is 10.9. The molecule has 1 atom stereocenters. The van der Waals surface area contributed by atoms with Gasteiger partial charge in [-0.1, -0.05) is 6.92 Å². The van der Waals surface area contributed by atoms with Crippen molar-refractivity contribution in [3.8, 4) is 6.07 Å². The second-order valence-electron chi connectivity index (χ2n) is 4.24. The van der Waals surface area contributed by atoms with E-state index in [2.05, 4.69) is 5.32 Å². The normalized spacial score (nSPS) is 19.0. The van der Waals surface area contributed by atoms with Crippen molar-refractivity contribution in [3.63, 3.8) is 0 Å². The van der Waals surface area contributed by atoms with Gasteiger partial charge in [0.1, 0.15) is 17.9 Å². The van der Waals surface area contributed by atoms with Gasteiger partial charge in [0.2, 0.25) is 11.8 Å². The Morgan fingerprint density at radius 2 is 2.26 bits per heavy atom. The summed E-state index contributed by atoms with van der Waals surface area (Å²) in [7, 11) is 0. The van der Waals surface area contributed by atoms with Crippen LogP contribution in [0.25, 0.3) is 0 Å². The van der Waals surface area contributed by atoms with Crippen molar-refractivity contribution in [3.05, 3.63) is 29.6 Å².